The molecule has 0 spiro atoms. The Morgan fingerprint density at radius 1 is 1.35 bits per heavy atom. The first-order valence-electron chi connectivity index (χ1n) is 4.90. The summed E-state index contributed by atoms with van der Waals surface area (Å²) in [5.74, 6) is 0. The second-order valence-electron chi connectivity index (χ2n) is 3.55. The monoisotopic (exact) mass is 269 g/mol. The Morgan fingerprint density at radius 3 is 2.82 bits per heavy atom. The summed E-state index contributed by atoms with van der Waals surface area (Å²) in [5, 5.41) is -0.0478. The van der Waals surface area contributed by atoms with Crippen molar-refractivity contribution in [2.45, 2.75) is 13.5 Å². The van der Waals surface area contributed by atoms with Gasteiger partial charge in [-0.05, 0) is 18.6 Å². The lowest BCUT2D eigenvalue weighted by atomic mass is 10.2. The van der Waals surface area contributed by atoms with E-state index >= 15 is 0 Å². The van der Waals surface area contributed by atoms with Crippen molar-refractivity contribution in [3.63, 3.8) is 0 Å². The molecular weight excluding hydrogens is 261 g/mol. The van der Waals surface area contributed by atoms with Crippen LogP contribution in [-0.2, 0) is 6.54 Å². The molecule has 17 heavy (non-hydrogen) atoms. The van der Waals surface area contributed by atoms with Crippen molar-refractivity contribution in [3.8, 4) is 0 Å². The molecule has 0 saturated heterocycles. The highest BCUT2D eigenvalue weighted by molar-refractivity contribution is 6.40. The molecule has 2 heterocycles. The summed E-state index contributed by atoms with van der Waals surface area (Å²) in [5.41, 5.74) is 1.44. The lowest BCUT2D eigenvalue weighted by Gasteiger charge is -2.07. The van der Waals surface area contributed by atoms with Gasteiger partial charge in [0.1, 0.15) is 5.02 Å². The zero-order valence-corrected chi connectivity index (χ0v) is 10.5. The summed E-state index contributed by atoms with van der Waals surface area (Å²) in [4.78, 5) is 19.8. The third kappa shape index (κ3) is 2.48. The fourth-order valence-corrected chi connectivity index (χ4v) is 1.68. The average Bonchev–Trinajstić information content (AvgIpc) is 2.32. The first kappa shape index (κ1) is 12.1. The molecule has 0 aliphatic rings. The number of hydrogen-bond donors (Lipinski definition) is 0. The van der Waals surface area contributed by atoms with Crippen molar-refractivity contribution >= 4 is 23.2 Å². The standard InChI is InChI=1S/C11H9Cl2N3O/c1-7-3-2-4-14-8(7)5-16-6-15-10(13)9(12)11(16)17/h2-4,6H,5H2,1H3. The van der Waals surface area contributed by atoms with E-state index in [9.17, 15) is 4.79 Å². The van der Waals surface area contributed by atoms with Crippen molar-refractivity contribution < 1.29 is 0 Å². The number of rotatable bonds is 2. The van der Waals surface area contributed by atoms with E-state index in [-0.39, 0.29) is 15.7 Å². The second-order valence-corrected chi connectivity index (χ2v) is 4.29. The molecule has 0 amide bonds. The van der Waals surface area contributed by atoms with Crippen molar-refractivity contribution in [1.82, 2.24) is 14.5 Å². The van der Waals surface area contributed by atoms with Crippen molar-refractivity contribution in [3.05, 3.63) is 56.4 Å². The maximum absolute atomic E-state index is 11.8. The number of halogens is 2. The SMILES string of the molecule is Cc1cccnc1Cn1cnc(Cl)c(Cl)c1=O. The van der Waals surface area contributed by atoms with Gasteiger partial charge in [0.2, 0.25) is 0 Å². The maximum atomic E-state index is 11.8. The highest BCUT2D eigenvalue weighted by Gasteiger charge is 2.08. The molecular formula is C11H9Cl2N3O. The summed E-state index contributed by atoms with van der Waals surface area (Å²) < 4.78 is 1.38. The van der Waals surface area contributed by atoms with Crippen LogP contribution in [0, 0.1) is 6.92 Å². The summed E-state index contributed by atoms with van der Waals surface area (Å²) in [7, 11) is 0. The molecule has 0 aliphatic carbocycles. The molecule has 2 rings (SSSR count). The minimum atomic E-state index is -0.364. The molecule has 0 saturated carbocycles. The predicted octanol–water partition coefficient (Wildman–Crippen LogP) is 2.30. The van der Waals surface area contributed by atoms with E-state index < -0.39 is 0 Å². The van der Waals surface area contributed by atoms with Gasteiger partial charge in [-0.2, -0.15) is 0 Å². The summed E-state index contributed by atoms with van der Waals surface area (Å²) in [6.07, 6.45) is 3.04. The molecule has 0 aliphatic heterocycles. The van der Waals surface area contributed by atoms with Crippen LogP contribution in [0.15, 0.2) is 29.5 Å². The lowest BCUT2D eigenvalue weighted by molar-refractivity contribution is 0.715. The Bertz CT molecular complexity index is 610. The number of nitrogens with zero attached hydrogens (tertiary/aromatic N) is 3. The first-order valence-corrected chi connectivity index (χ1v) is 5.66. The normalized spacial score (nSPS) is 10.5. The van der Waals surface area contributed by atoms with E-state index in [0.717, 1.165) is 11.3 Å². The van der Waals surface area contributed by atoms with E-state index in [0.29, 0.717) is 6.54 Å². The largest absolute Gasteiger partial charge is 0.292 e. The first-order chi connectivity index (χ1) is 8.09. The van der Waals surface area contributed by atoms with Crippen LogP contribution >= 0.6 is 23.2 Å². The van der Waals surface area contributed by atoms with Gasteiger partial charge in [-0.15, -0.1) is 0 Å². The predicted molar refractivity (Wildman–Crippen MR) is 66.6 cm³/mol. The molecule has 4 nitrogen and oxygen atoms in total. The topological polar surface area (TPSA) is 47.8 Å². The van der Waals surface area contributed by atoms with Crippen LogP contribution < -0.4 is 5.56 Å². The Labute approximate surface area is 108 Å². The van der Waals surface area contributed by atoms with Crippen LogP contribution in [0.1, 0.15) is 11.3 Å². The average molecular weight is 270 g/mol. The number of aromatic nitrogens is 3. The van der Waals surface area contributed by atoms with Crippen LogP contribution in [0.4, 0.5) is 0 Å². The van der Waals surface area contributed by atoms with Crippen LogP contribution in [0.25, 0.3) is 0 Å². The fraction of sp³-hybridized carbons (Fsp3) is 0.182. The fourth-order valence-electron chi connectivity index (χ4n) is 1.40. The van der Waals surface area contributed by atoms with Crippen LogP contribution in [-0.4, -0.2) is 14.5 Å². The van der Waals surface area contributed by atoms with Crippen LogP contribution in [0.2, 0.25) is 10.2 Å². The maximum Gasteiger partial charge on any atom is 0.274 e. The van der Waals surface area contributed by atoms with Gasteiger partial charge in [0.05, 0.1) is 18.6 Å². The minimum absolute atomic E-state index is 0.0191. The molecule has 2 aromatic heterocycles. The van der Waals surface area contributed by atoms with E-state index in [1.165, 1.54) is 10.9 Å². The number of hydrogen-bond acceptors (Lipinski definition) is 3. The van der Waals surface area contributed by atoms with Gasteiger partial charge >= 0.3 is 0 Å². The molecule has 2 aromatic rings. The van der Waals surface area contributed by atoms with E-state index in [1.807, 2.05) is 19.1 Å². The second kappa shape index (κ2) is 4.85. The van der Waals surface area contributed by atoms with E-state index in [4.69, 9.17) is 23.2 Å². The van der Waals surface area contributed by atoms with Gasteiger partial charge < -0.3 is 0 Å². The zero-order valence-electron chi connectivity index (χ0n) is 9.02. The van der Waals surface area contributed by atoms with Gasteiger partial charge in [-0.1, -0.05) is 29.3 Å². The Kier molecular flexibility index (Phi) is 3.45. The molecule has 88 valence electrons. The molecule has 0 bridgehead atoms. The third-order valence-corrected chi connectivity index (χ3v) is 3.10. The molecule has 0 fully saturated rings. The third-order valence-electron chi connectivity index (χ3n) is 2.38. The van der Waals surface area contributed by atoms with Crippen LogP contribution in [0.5, 0.6) is 0 Å². The minimum Gasteiger partial charge on any atom is -0.292 e. The highest BCUT2D eigenvalue weighted by Crippen LogP contribution is 2.13. The van der Waals surface area contributed by atoms with Gasteiger partial charge in [0, 0.05) is 6.20 Å². The zero-order chi connectivity index (χ0) is 12.4. The van der Waals surface area contributed by atoms with E-state index in [2.05, 4.69) is 9.97 Å². The summed E-state index contributed by atoms with van der Waals surface area (Å²) >= 11 is 11.4. The van der Waals surface area contributed by atoms with Gasteiger partial charge in [0.15, 0.2) is 5.15 Å². The quantitative estimate of drug-likeness (QED) is 0.787. The van der Waals surface area contributed by atoms with Crippen molar-refractivity contribution in [1.29, 1.82) is 0 Å². The summed E-state index contributed by atoms with van der Waals surface area (Å²) in [6, 6.07) is 3.77. The van der Waals surface area contributed by atoms with E-state index in [1.54, 1.807) is 6.20 Å². The smallest absolute Gasteiger partial charge is 0.274 e. The van der Waals surface area contributed by atoms with Crippen molar-refractivity contribution in [2.75, 3.05) is 0 Å². The van der Waals surface area contributed by atoms with Gasteiger partial charge in [-0.25, -0.2) is 4.98 Å². The molecule has 0 unspecified atom stereocenters. The molecule has 0 aromatic carbocycles. The number of aryl methyl sites for hydroxylation is 1. The van der Waals surface area contributed by atoms with Crippen LogP contribution in [0.3, 0.4) is 0 Å². The molecule has 0 N–H and O–H groups in total. The number of pyridine rings is 1. The van der Waals surface area contributed by atoms with Gasteiger partial charge in [0.25, 0.3) is 5.56 Å². The Balaban J connectivity index is 2.41. The molecule has 0 radical (unpaired) electrons. The summed E-state index contributed by atoms with van der Waals surface area (Å²) in [6.45, 7) is 2.26. The molecule has 6 heteroatoms. The lowest BCUT2D eigenvalue weighted by Crippen LogP contribution is -2.22. The molecule has 0 atom stereocenters. The van der Waals surface area contributed by atoms with Crippen molar-refractivity contribution in [2.24, 2.45) is 0 Å². The Hall–Kier alpha value is -1.39. The van der Waals surface area contributed by atoms with Gasteiger partial charge in [-0.3, -0.25) is 14.3 Å². The highest BCUT2D eigenvalue weighted by atomic mass is 35.5. The Morgan fingerprint density at radius 2 is 2.12 bits per heavy atom.